The highest BCUT2D eigenvalue weighted by Crippen LogP contribution is 2.37. The highest BCUT2D eigenvalue weighted by molar-refractivity contribution is 6.01. The molecule has 0 saturated heterocycles. The molecule has 1 N–H and O–H groups in total. The van der Waals surface area contributed by atoms with Gasteiger partial charge in [0.2, 0.25) is 0 Å². The Morgan fingerprint density at radius 2 is 1.90 bits per heavy atom. The second kappa shape index (κ2) is 6.31. The number of rotatable bonds is 4. The fourth-order valence-electron chi connectivity index (χ4n) is 2.26. The summed E-state index contributed by atoms with van der Waals surface area (Å²) in [7, 11) is 1.57. The molecule has 0 heterocycles. The third-order valence-corrected chi connectivity index (χ3v) is 3.14. The van der Waals surface area contributed by atoms with E-state index in [0.29, 0.717) is 11.3 Å². The van der Waals surface area contributed by atoms with Gasteiger partial charge in [0.1, 0.15) is 17.1 Å². The van der Waals surface area contributed by atoms with Crippen molar-refractivity contribution in [2.45, 2.75) is 13.8 Å². The predicted octanol–water partition coefficient (Wildman–Crippen LogP) is 3.55. The van der Waals surface area contributed by atoms with Gasteiger partial charge in [-0.3, -0.25) is 0 Å². The van der Waals surface area contributed by atoms with E-state index in [1.807, 2.05) is 37.3 Å². The number of hydrogen-bond acceptors (Lipinski definition) is 4. The van der Waals surface area contributed by atoms with Crippen LogP contribution in [0.2, 0.25) is 0 Å². The van der Waals surface area contributed by atoms with Crippen molar-refractivity contribution < 1.29 is 19.4 Å². The van der Waals surface area contributed by atoms with E-state index in [4.69, 9.17) is 9.47 Å². The number of benzene rings is 2. The Kier molecular flexibility index (Phi) is 4.48. The predicted molar refractivity (Wildman–Crippen MR) is 80.8 cm³/mol. The first-order valence-corrected chi connectivity index (χ1v) is 6.72. The van der Waals surface area contributed by atoms with Crippen molar-refractivity contribution in [2.24, 2.45) is 0 Å². The van der Waals surface area contributed by atoms with E-state index in [0.717, 1.165) is 11.1 Å². The van der Waals surface area contributed by atoms with Crippen LogP contribution < -0.4 is 4.74 Å². The molecule has 2 aromatic carbocycles. The summed E-state index contributed by atoms with van der Waals surface area (Å²) < 4.78 is 10.4. The molecule has 0 atom stereocenters. The number of ether oxygens (including phenoxy) is 2. The van der Waals surface area contributed by atoms with Gasteiger partial charge < -0.3 is 14.6 Å². The van der Waals surface area contributed by atoms with Gasteiger partial charge in [-0.05, 0) is 31.5 Å². The summed E-state index contributed by atoms with van der Waals surface area (Å²) in [6.07, 6.45) is 0. The van der Waals surface area contributed by atoms with E-state index in [1.54, 1.807) is 20.1 Å². The summed E-state index contributed by atoms with van der Waals surface area (Å²) in [5.74, 6) is -0.00156. The minimum atomic E-state index is -0.545. The highest BCUT2D eigenvalue weighted by Gasteiger charge is 2.21. The number of phenolic OH excluding ortho intramolecular Hbond substituents is 1. The van der Waals surface area contributed by atoms with Gasteiger partial charge in [0.25, 0.3) is 0 Å². The molecule has 0 aliphatic rings. The van der Waals surface area contributed by atoms with Crippen molar-refractivity contribution in [1.29, 1.82) is 0 Å². The van der Waals surface area contributed by atoms with E-state index in [-0.39, 0.29) is 17.9 Å². The molecule has 0 saturated carbocycles. The fraction of sp³-hybridized carbons (Fsp3) is 0.235. The van der Waals surface area contributed by atoms with Crippen LogP contribution in [-0.4, -0.2) is 24.8 Å². The highest BCUT2D eigenvalue weighted by atomic mass is 16.5. The van der Waals surface area contributed by atoms with Crippen LogP contribution in [0, 0.1) is 6.92 Å². The standard InChI is InChI=1S/C17H18O4/c1-4-21-17(19)16-13(9-11(2)10-14(16)18)12-7-5-6-8-15(12)20-3/h5-10,18H,4H2,1-3H3. The van der Waals surface area contributed by atoms with Gasteiger partial charge in [0.05, 0.1) is 13.7 Å². The fourth-order valence-corrected chi connectivity index (χ4v) is 2.26. The average Bonchev–Trinajstić information content (AvgIpc) is 2.46. The summed E-state index contributed by atoms with van der Waals surface area (Å²) in [4.78, 5) is 12.1. The number of methoxy groups -OCH3 is 1. The summed E-state index contributed by atoms with van der Waals surface area (Å²) >= 11 is 0. The van der Waals surface area contributed by atoms with Crippen molar-refractivity contribution in [3.05, 3.63) is 47.5 Å². The van der Waals surface area contributed by atoms with E-state index in [2.05, 4.69) is 0 Å². The maximum atomic E-state index is 12.1. The average molecular weight is 286 g/mol. The molecular formula is C17H18O4. The summed E-state index contributed by atoms with van der Waals surface area (Å²) in [6, 6.07) is 10.7. The van der Waals surface area contributed by atoms with Crippen LogP contribution in [0.3, 0.4) is 0 Å². The topological polar surface area (TPSA) is 55.8 Å². The van der Waals surface area contributed by atoms with Gasteiger partial charge in [-0.2, -0.15) is 0 Å². The first-order chi connectivity index (χ1) is 10.1. The summed E-state index contributed by atoms with van der Waals surface area (Å²) in [5.41, 5.74) is 2.35. The number of para-hydroxylation sites is 1. The van der Waals surface area contributed by atoms with Gasteiger partial charge in [-0.15, -0.1) is 0 Å². The van der Waals surface area contributed by atoms with Gasteiger partial charge in [0, 0.05) is 11.1 Å². The van der Waals surface area contributed by atoms with Crippen LogP contribution in [-0.2, 0) is 4.74 Å². The lowest BCUT2D eigenvalue weighted by atomic mass is 9.96. The Balaban J connectivity index is 2.69. The Hall–Kier alpha value is -2.49. The zero-order valence-electron chi connectivity index (χ0n) is 12.3. The molecular weight excluding hydrogens is 268 g/mol. The Morgan fingerprint density at radius 1 is 1.19 bits per heavy atom. The van der Waals surface area contributed by atoms with Gasteiger partial charge in [0.15, 0.2) is 0 Å². The van der Waals surface area contributed by atoms with E-state index >= 15 is 0 Å². The van der Waals surface area contributed by atoms with Crippen molar-refractivity contribution in [3.8, 4) is 22.6 Å². The van der Waals surface area contributed by atoms with Crippen LogP contribution in [0.1, 0.15) is 22.8 Å². The second-order valence-electron chi connectivity index (χ2n) is 4.63. The third-order valence-electron chi connectivity index (χ3n) is 3.14. The molecule has 2 aromatic rings. The van der Waals surface area contributed by atoms with Gasteiger partial charge >= 0.3 is 5.97 Å². The second-order valence-corrected chi connectivity index (χ2v) is 4.63. The minimum absolute atomic E-state index is 0.0886. The molecule has 2 rings (SSSR count). The Labute approximate surface area is 123 Å². The third kappa shape index (κ3) is 2.99. The molecule has 0 aliphatic carbocycles. The van der Waals surface area contributed by atoms with Crippen molar-refractivity contribution in [1.82, 2.24) is 0 Å². The Bertz CT molecular complexity index is 662. The monoisotopic (exact) mass is 286 g/mol. The van der Waals surface area contributed by atoms with Crippen LogP contribution in [0.5, 0.6) is 11.5 Å². The molecule has 0 spiro atoms. The zero-order chi connectivity index (χ0) is 15.4. The number of aromatic hydroxyl groups is 1. The molecule has 0 aliphatic heterocycles. The number of carbonyl (C=O) groups is 1. The number of esters is 1. The molecule has 110 valence electrons. The van der Waals surface area contributed by atoms with Crippen LogP contribution in [0.15, 0.2) is 36.4 Å². The molecule has 0 unspecified atom stereocenters. The summed E-state index contributed by atoms with van der Waals surface area (Å²) in [6.45, 7) is 3.83. The molecule has 0 bridgehead atoms. The molecule has 0 amide bonds. The zero-order valence-corrected chi connectivity index (χ0v) is 12.3. The SMILES string of the molecule is CCOC(=O)c1c(O)cc(C)cc1-c1ccccc1OC. The largest absolute Gasteiger partial charge is 0.507 e. The quantitative estimate of drug-likeness (QED) is 0.873. The first-order valence-electron chi connectivity index (χ1n) is 6.72. The molecule has 21 heavy (non-hydrogen) atoms. The number of aryl methyl sites for hydroxylation is 1. The smallest absolute Gasteiger partial charge is 0.342 e. The number of hydrogen-bond donors (Lipinski definition) is 1. The molecule has 0 aromatic heterocycles. The van der Waals surface area contributed by atoms with Crippen LogP contribution in [0.4, 0.5) is 0 Å². The molecule has 4 heteroatoms. The van der Waals surface area contributed by atoms with Gasteiger partial charge in [-0.25, -0.2) is 4.79 Å². The Morgan fingerprint density at radius 3 is 2.57 bits per heavy atom. The van der Waals surface area contributed by atoms with E-state index in [9.17, 15) is 9.90 Å². The first kappa shape index (κ1) is 14.9. The van der Waals surface area contributed by atoms with Crippen molar-refractivity contribution in [2.75, 3.05) is 13.7 Å². The van der Waals surface area contributed by atoms with Crippen molar-refractivity contribution >= 4 is 5.97 Å². The maximum absolute atomic E-state index is 12.1. The number of carbonyl (C=O) groups excluding carboxylic acids is 1. The molecule has 0 fully saturated rings. The minimum Gasteiger partial charge on any atom is -0.507 e. The molecule has 0 radical (unpaired) electrons. The number of phenols is 1. The van der Waals surface area contributed by atoms with E-state index < -0.39 is 5.97 Å². The lowest BCUT2D eigenvalue weighted by molar-refractivity contribution is 0.0524. The van der Waals surface area contributed by atoms with Gasteiger partial charge in [-0.1, -0.05) is 24.3 Å². The molecule has 4 nitrogen and oxygen atoms in total. The lowest BCUT2D eigenvalue weighted by Gasteiger charge is -2.14. The van der Waals surface area contributed by atoms with E-state index in [1.165, 1.54) is 0 Å². The normalized spacial score (nSPS) is 10.2. The van der Waals surface area contributed by atoms with Crippen molar-refractivity contribution in [3.63, 3.8) is 0 Å². The summed E-state index contributed by atoms with van der Waals surface area (Å²) in [5, 5.41) is 10.2. The van der Waals surface area contributed by atoms with Crippen LogP contribution >= 0.6 is 0 Å². The lowest BCUT2D eigenvalue weighted by Crippen LogP contribution is -2.07. The maximum Gasteiger partial charge on any atom is 0.342 e. The van der Waals surface area contributed by atoms with Crippen LogP contribution in [0.25, 0.3) is 11.1 Å².